The quantitative estimate of drug-likeness (QED) is 0.663. The van der Waals surface area contributed by atoms with E-state index in [-0.39, 0.29) is 5.39 Å². The monoisotopic (exact) mass is 225 g/mol. The van der Waals surface area contributed by atoms with Crippen LogP contribution in [0.5, 0.6) is 0 Å². The average molecular weight is 225 g/mol. The summed E-state index contributed by atoms with van der Waals surface area (Å²) in [5.74, 6) is 0. The number of aryl methyl sites for hydroxylation is 2. The van der Waals surface area contributed by atoms with Crippen LogP contribution in [0.15, 0.2) is 24.5 Å². The highest BCUT2D eigenvalue weighted by molar-refractivity contribution is 5.88. The number of halogens is 3. The Balaban J connectivity index is 2.89. The van der Waals surface area contributed by atoms with E-state index in [1.165, 1.54) is 6.20 Å². The first-order valence-electron chi connectivity index (χ1n) is 4.82. The van der Waals surface area contributed by atoms with Gasteiger partial charge in [0.1, 0.15) is 0 Å². The van der Waals surface area contributed by atoms with Crippen LogP contribution >= 0.6 is 0 Å². The maximum atomic E-state index is 12.8. The van der Waals surface area contributed by atoms with E-state index >= 15 is 0 Å². The summed E-state index contributed by atoms with van der Waals surface area (Å²) in [5.41, 5.74) is 0.750. The molecule has 0 N–H and O–H groups in total. The number of fused-ring (bicyclic) bond motifs is 1. The van der Waals surface area contributed by atoms with E-state index in [0.717, 1.165) is 11.6 Å². The van der Waals surface area contributed by atoms with Crippen molar-refractivity contribution in [2.45, 2.75) is 20.0 Å². The lowest BCUT2D eigenvalue weighted by molar-refractivity contribution is -0.136. The molecular weight excluding hydrogens is 215 g/mol. The minimum Gasteiger partial charge on any atom is -0.264 e. The molecule has 0 atom stereocenters. The molecule has 0 fully saturated rings. The van der Waals surface area contributed by atoms with E-state index in [1.807, 2.05) is 0 Å². The first kappa shape index (κ1) is 10.9. The molecule has 1 heterocycles. The summed E-state index contributed by atoms with van der Waals surface area (Å²) in [6.45, 7) is 3.42. The summed E-state index contributed by atoms with van der Waals surface area (Å²) in [6.07, 6.45) is -1.49. The number of pyridine rings is 1. The Bertz CT molecular complexity index is 544. The van der Waals surface area contributed by atoms with Crippen molar-refractivity contribution in [2.24, 2.45) is 0 Å². The van der Waals surface area contributed by atoms with Crippen LogP contribution in [-0.2, 0) is 6.18 Å². The lowest BCUT2D eigenvalue weighted by Gasteiger charge is -2.12. The zero-order valence-electron chi connectivity index (χ0n) is 8.89. The Labute approximate surface area is 90.9 Å². The Hall–Kier alpha value is -1.58. The number of hydrogen-bond acceptors (Lipinski definition) is 1. The van der Waals surface area contributed by atoms with Crippen molar-refractivity contribution in [3.05, 3.63) is 41.2 Å². The molecule has 1 aromatic heterocycles. The molecule has 0 aliphatic heterocycles. The average Bonchev–Trinajstić information content (AvgIpc) is 2.17. The molecule has 0 spiro atoms. The first-order valence-corrected chi connectivity index (χ1v) is 4.82. The van der Waals surface area contributed by atoms with Crippen molar-refractivity contribution in [2.75, 3.05) is 0 Å². The van der Waals surface area contributed by atoms with Gasteiger partial charge in [-0.1, -0.05) is 6.07 Å². The normalized spacial score (nSPS) is 12.1. The Morgan fingerprint density at radius 1 is 1.00 bits per heavy atom. The van der Waals surface area contributed by atoms with Gasteiger partial charge in [0.2, 0.25) is 0 Å². The summed E-state index contributed by atoms with van der Waals surface area (Å²) in [4.78, 5) is 3.82. The van der Waals surface area contributed by atoms with E-state index in [9.17, 15) is 13.2 Å². The number of aromatic nitrogens is 1. The molecule has 0 aliphatic rings. The van der Waals surface area contributed by atoms with E-state index < -0.39 is 11.7 Å². The molecule has 0 unspecified atom stereocenters. The van der Waals surface area contributed by atoms with Crippen LogP contribution in [-0.4, -0.2) is 4.98 Å². The van der Waals surface area contributed by atoms with Gasteiger partial charge in [-0.3, -0.25) is 4.98 Å². The van der Waals surface area contributed by atoms with Crippen molar-refractivity contribution < 1.29 is 13.2 Å². The van der Waals surface area contributed by atoms with E-state index in [2.05, 4.69) is 4.98 Å². The molecule has 1 aromatic carbocycles. The largest absolute Gasteiger partial charge is 0.417 e. The zero-order chi connectivity index (χ0) is 11.9. The fourth-order valence-electron chi connectivity index (χ4n) is 1.79. The van der Waals surface area contributed by atoms with Crippen molar-refractivity contribution in [1.82, 2.24) is 4.98 Å². The second-order valence-electron chi connectivity index (χ2n) is 3.86. The summed E-state index contributed by atoms with van der Waals surface area (Å²) in [6, 6.07) is 2.91. The maximum absolute atomic E-state index is 12.8. The highest BCUT2D eigenvalue weighted by Gasteiger charge is 2.32. The summed E-state index contributed by atoms with van der Waals surface area (Å²) in [7, 11) is 0. The third kappa shape index (κ3) is 1.75. The molecule has 84 valence electrons. The second-order valence-corrected chi connectivity index (χ2v) is 3.86. The first-order chi connectivity index (χ1) is 7.39. The fraction of sp³-hybridized carbons (Fsp3) is 0.250. The van der Waals surface area contributed by atoms with Crippen LogP contribution in [0.4, 0.5) is 13.2 Å². The van der Waals surface area contributed by atoms with Gasteiger partial charge in [0.05, 0.1) is 5.56 Å². The number of nitrogens with zero attached hydrogens (tertiary/aromatic N) is 1. The van der Waals surface area contributed by atoms with Gasteiger partial charge < -0.3 is 0 Å². The predicted molar refractivity (Wildman–Crippen MR) is 56.2 cm³/mol. The molecule has 0 radical (unpaired) electrons. The van der Waals surface area contributed by atoms with Crippen molar-refractivity contribution in [1.29, 1.82) is 0 Å². The summed E-state index contributed by atoms with van der Waals surface area (Å²) in [5, 5.41) is 0.778. The third-order valence-electron chi connectivity index (χ3n) is 2.53. The molecule has 1 nitrogen and oxygen atoms in total. The SMILES string of the molecule is Cc1cc(C(F)(F)F)c2cncc(C)c2c1. The van der Waals surface area contributed by atoms with E-state index in [1.54, 1.807) is 26.1 Å². The zero-order valence-corrected chi connectivity index (χ0v) is 8.89. The highest BCUT2D eigenvalue weighted by atomic mass is 19.4. The lowest BCUT2D eigenvalue weighted by Crippen LogP contribution is -2.06. The topological polar surface area (TPSA) is 12.9 Å². The molecule has 0 aliphatic carbocycles. The van der Waals surface area contributed by atoms with Gasteiger partial charge in [-0.05, 0) is 36.4 Å². The van der Waals surface area contributed by atoms with Crippen molar-refractivity contribution >= 4 is 10.8 Å². The van der Waals surface area contributed by atoms with Crippen molar-refractivity contribution in [3.8, 4) is 0 Å². The summed E-state index contributed by atoms with van der Waals surface area (Å²) < 4.78 is 38.4. The van der Waals surface area contributed by atoms with Crippen LogP contribution in [0.25, 0.3) is 10.8 Å². The number of benzene rings is 1. The van der Waals surface area contributed by atoms with E-state index in [0.29, 0.717) is 10.9 Å². The Morgan fingerprint density at radius 2 is 1.69 bits per heavy atom. The van der Waals surface area contributed by atoms with Crippen LogP contribution < -0.4 is 0 Å². The number of alkyl halides is 3. The van der Waals surface area contributed by atoms with Gasteiger partial charge in [-0.25, -0.2) is 0 Å². The maximum Gasteiger partial charge on any atom is 0.417 e. The molecule has 4 heteroatoms. The molecule has 2 rings (SSSR count). The minimum absolute atomic E-state index is 0.165. The molecular formula is C12H10F3N. The molecule has 0 saturated heterocycles. The Kier molecular flexibility index (Phi) is 2.37. The van der Waals surface area contributed by atoms with Crippen molar-refractivity contribution in [3.63, 3.8) is 0 Å². The smallest absolute Gasteiger partial charge is 0.264 e. The fourth-order valence-corrected chi connectivity index (χ4v) is 1.79. The Morgan fingerprint density at radius 3 is 2.31 bits per heavy atom. The van der Waals surface area contributed by atoms with Gasteiger partial charge in [0, 0.05) is 17.8 Å². The summed E-state index contributed by atoms with van der Waals surface area (Å²) >= 11 is 0. The predicted octanol–water partition coefficient (Wildman–Crippen LogP) is 3.87. The van der Waals surface area contributed by atoms with Crippen LogP contribution in [0, 0.1) is 13.8 Å². The van der Waals surface area contributed by atoms with Crippen LogP contribution in [0.3, 0.4) is 0 Å². The molecule has 2 aromatic rings. The van der Waals surface area contributed by atoms with Crippen LogP contribution in [0.1, 0.15) is 16.7 Å². The van der Waals surface area contributed by atoms with Gasteiger partial charge in [0.25, 0.3) is 0 Å². The number of rotatable bonds is 0. The molecule has 16 heavy (non-hydrogen) atoms. The van der Waals surface area contributed by atoms with Gasteiger partial charge in [0.15, 0.2) is 0 Å². The molecule has 0 bridgehead atoms. The van der Waals surface area contributed by atoms with Gasteiger partial charge in [-0.2, -0.15) is 13.2 Å². The van der Waals surface area contributed by atoms with E-state index in [4.69, 9.17) is 0 Å². The standard InChI is InChI=1S/C12H10F3N/c1-7-3-9-8(2)5-16-6-10(9)11(4-7)12(13,14)15/h3-6H,1-2H3. The number of hydrogen-bond donors (Lipinski definition) is 0. The minimum atomic E-state index is -4.33. The molecule has 0 saturated carbocycles. The van der Waals surface area contributed by atoms with Gasteiger partial charge >= 0.3 is 6.18 Å². The van der Waals surface area contributed by atoms with Gasteiger partial charge in [-0.15, -0.1) is 0 Å². The third-order valence-corrected chi connectivity index (χ3v) is 2.53. The molecule has 0 amide bonds. The highest BCUT2D eigenvalue weighted by Crippen LogP contribution is 2.35. The second kappa shape index (κ2) is 3.47. The van der Waals surface area contributed by atoms with Crippen LogP contribution in [0.2, 0.25) is 0 Å². The lowest BCUT2D eigenvalue weighted by atomic mass is 10.0.